The molecule has 0 spiro atoms. The van der Waals surface area contributed by atoms with Gasteiger partial charge in [-0.05, 0) is 50.7 Å². The van der Waals surface area contributed by atoms with Crippen LogP contribution < -0.4 is 0 Å². The molecule has 11 heteroatoms. The van der Waals surface area contributed by atoms with Crippen LogP contribution in [0.25, 0.3) is 0 Å². The molecule has 1 aromatic heterocycles. The van der Waals surface area contributed by atoms with E-state index in [0.717, 1.165) is 14.0 Å². The normalized spacial score (nSPS) is 37.7. The smallest absolute Gasteiger partial charge is 0.347 e. The zero-order valence-corrected chi connectivity index (χ0v) is 27.0. The van der Waals surface area contributed by atoms with E-state index in [1.165, 1.54) is 18.6 Å². The lowest BCUT2D eigenvalue weighted by atomic mass is 9.39. The fourth-order valence-electron chi connectivity index (χ4n) is 9.06. The maximum absolute atomic E-state index is 14.8. The van der Waals surface area contributed by atoms with Gasteiger partial charge >= 0.3 is 23.9 Å². The molecule has 3 fully saturated rings. The van der Waals surface area contributed by atoms with Crippen molar-refractivity contribution in [3.05, 3.63) is 47.5 Å². The molecule has 0 unspecified atom stereocenters. The first kappa shape index (κ1) is 32.7. The Morgan fingerprint density at radius 3 is 2.38 bits per heavy atom. The summed E-state index contributed by atoms with van der Waals surface area (Å²) in [6.07, 6.45) is 3.35. The molecule has 2 saturated carbocycles. The topological polar surface area (TPSA) is 156 Å². The van der Waals surface area contributed by atoms with Gasteiger partial charge in [-0.3, -0.25) is 14.4 Å². The first-order chi connectivity index (χ1) is 21.0. The molecule has 2 heterocycles. The molecule has 3 aliphatic carbocycles. The zero-order chi connectivity index (χ0) is 33.3. The van der Waals surface area contributed by atoms with Crippen LogP contribution in [0.1, 0.15) is 79.4 Å². The van der Waals surface area contributed by atoms with E-state index in [1.807, 2.05) is 6.92 Å². The summed E-state index contributed by atoms with van der Waals surface area (Å²) in [6.45, 7) is 11.4. The van der Waals surface area contributed by atoms with E-state index in [-0.39, 0.29) is 12.0 Å². The summed E-state index contributed by atoms with van der Waals surface area (Å²) in [5.41, 5.74) is -4.20. The monoisotopic (exact) mass is 626 g/mol. The van der Waals surface area contributed by atoms with Crippen molar-refractivity contribution in [3.8, 4) is 0 Å². The molecule has 0 amide bonds. The Bertz CT molecular complexity index is 1480. The number of fused-ring (bicyclic) bond motifs is 6. The summed E-state index contributed by atoms with van der Waals surface area (Å²) in [5.74, 6) is -5.63. The van der Waals surface area contributed by atoms with Crippen LogP contribution in [0.5, 0.6) is 0 Å². The first-order valence-electron chi connectivity index (χ1n) is 15.3. The Morgan fingerprint density at radius 1 is 1.11 bits per heavy atom. The molecule has 1 saturated heterocycles. The molecular formula is C34H42O11. The van der Waals surface area contributed by atoms with Gasteiger partial charge in [0.2, 0.25) is 6.10 Å². The SMILES string of the molecule is CC=C(C)C(=O)O[C@H]1C(C)(C)[C@H]([C@@H](OC(C)=O)C(=O)OC)[C@]2(C)C(=O)[C@@]1(O)C=C1[C@@H]3CC(=O)O[C@@H](c4ccoc4)[C@]3(C)CC[C@@H]12. The van der Waals surface area contributed by atoms with Gasteiger partial charge in [0.05, 0.1) is 26.1 Å². The van der Waals surface area contributed by atoms with E-state index in [2.05, 4.69) is 0 Å². The number of furan rings is 1. The second-order valence-corrected chi connectivity index (χ2v) is 14.0. The van der Waals surface area contributed by atoms with Crippen molar-refractivity contribution in [3.63, 3.8) is 0 Å². The van der Waals surface area contributed by atoms with Crippen molar-refractivity contribution in [1.82, 2.24) is 0 Å². The first-order valence-corrected chi connectivity index (χ1v) is 15.3. The van der Waals surface area contributed by atoms with Crippen LogP contribution in [-0.2, 0) is 42.9 Å². The van der Waals surface area contributed by atoms with Crippen molar-refractivity contribution in [2.45, 2.75) is 91.6 Å². The van der Waals surface area contributed by atoms with Gasteiger partial charge in [-0.25, -0.2) is 9.59 Å². The Hall–Kier alpha value is -3.73. The summed E-state index contributed by atoms with van der Waals surface area (Å²) in [6, 6.07) is 1.75. The summed E-state index contributed by atoms with van der Waals surface area (Å²) >= 11 is 0. The molecule has 1 aliphatic heterocycles. The predicted octanol–water partition coefficient (Wildman–Crippen LogP) is 4.19. The Kier molecular flexibility index (Phi) is 7.95. The van der Waals surface area contributed by atoms with E-state index in [4.69, 9.17) is 23.4 Å². The van der Waals surface area contributed by atoms with Gasteiger partial charge in [-0.2, -0.15) is 0 Å². The Morgan fingerprint density at radius 2 is 1.80 bits per heavy atom. The lowest BCUT2D eigenvalue weighted by Crippen LogP contribution is -2.76. The Balaban J connectivity index is 1.76. The molecule has 0 aromatic carbocycles. The maximum atomic E-state index is 14.8. The minimum absolute atomic E-state index is 0.00585. The van der Waals surface area contributed by atoms with Crippen molar-refractivity contribution < 1.29 is 52.4 Å². The summed E-state index contributed by atoms with van der Waals surface area (Å²) in [7, 11) is 1.16. The van der Waals surface area contributed by atoms with Gasteiger partial charge in [0.1, 0.15) is 12.2 Å². The second kappa shape index (κ2) is 11.0. The molecule has 0 radical (unpaired) electrons. The number of aliphatic hydroxyl groups is 1. The van der Waals surface area contributed by atoms with Crippen molar-refractivity contribution in [1.29, 1.82) is 0 Å². The average molecular weight is 627 g/mol. The number of hydrogen-bond acceptors (Lipinski definition) is 11. The molecule has 244 valence electrons. The van der Waals surface area contributed by atoms with Gasteiger partial charge in [0, 0.05) is 40.2 Å². The van der Waals surface area contributed by atoms with Gasteiger partial charge in [-0.15, -0.1) is 0 Å². The fraction of sp³-hybridized carbons (Fsp3) is 0.618. The lowest BCUT2D eigenvalue weighted by molar-refractivity contribution is -0.238. The average Bonchev–Trinajstić information content (AvgIpc) is 3.51. The highest BCUT2D eigenvalue weighted by Crippen LogP contribution is 2.69. The quantitative estimate of drug-likeness (QED) is 0.209. The zero-order valence-electron chi connectivity index (χ0n) is 27.0. The van der Waals surface area contributed by atoms with E-state index in [1.54, 1.807) is 46.8 Å². The van der Waals surface area contributed by atoms with Gasteiger partial charge in [-0.1, -0.05) is 39.3 Å². The number of esters is 4. The molecule has 5 rings (SSSR count). The van der Waals surface area contributed by atoms with E-state index >= 15 is 0 Å². The number of ether oxygens (including phenoxy) is 4. The fourth-order valence-corrected chi connectivity index (χ4v) is 9.06. The van der Waals surface area contributed by atoms with Crippen LogP contribution in [0, 0.1) is 34.0 Å². The lowest BCUT2D eigenvalue weighted by Gasteiger charge is -2.66. The second-order valence-electron chi connectivity index (χ2n) is 14.0. The van der Waals surface area contributed by atoms with Crippen LogP contribution in [0.2, 0.25) is 0 Å². The summed E-state index contributed by atoms with van der Waals surface area (Å²) in [4.78, 5) is 67.0. The number of methoxy groups -OCH3 is 1. The maximum Gasteiger partial charge on any atom is 0.347 e. The highest BCUT2D eigenvalue weighted by atomic mass is 16.6. The van der Waals surface area contributed by atoms with Crippen LogP contribution >= 0.6 is 0 Å². The summed E-state index contributed by atoms with van der Waals surface area (Å²) in [5, 5.41) is 12.6. The minimum atomic E-state index is -2.33. The van der Waals surface area contributed by atoms with Gasteiger partial charge < -0.3 is 28.5 Å². The summed E-state index contributed by atoms with van der Waals surface area (Å²) < 4.78 is 27.9. The molecule has 2 bridgehead atoms. The van der Waals surface area contributed by atoms with Gasteiger partial charge in [0.25, 0.3) is 0 Å². The standard InChI is InChI=1S/C34H42O11/c1-9-17(2)27(37)45-30-31(4,5)25(24(28(38)41-8)43-18(3)35)33(7)21-10-12-32(6)22(20(21)15-34(30,40)29(33)39)14-23(36)44-26(32)19-11-13-42-16-19/h9,11,13,15-16,21-22,24-26,30,40H,10,12,14H2,1-8H3/t21-,22-,24+,25-,26-,30-,32+,33+,34-/m0/s1. The van der Waals surface area contributed by atoms with Crippen molar-refractivity contribution >= 4 is 29.7 Å². The largest absolute Gasteiger partial charge is 0.472 e. The van der Waals surface area contributed by atoms with Crippen molar-refractivity contribution in [2.24, 2.45) is 34.0 Å². The molecular weight excluding hydrogens is 584 g/mol. The van der Waals surface area contributed by atoms with Crippen LogP contribution in [-0.4, -0.2) is 59.7 Å². The number of rotatable bonds is 6. The Labute approximate surface area is 262 Å². The highest BCUT2D eigenvalue weighted by molar-refractivity contribution is 6.00. The number of carbonyl (C=O) groups excluding carboxylic acids is 5. The van der Waals surface area contributed by atoms with Crippen LogP contribution in [0.15, 0.2) is 46.3 Å². The number of Topliss-reactive ketones (excluding diaryl/α,β-unsaturated/α-hetero) is 1. The van der Waals surface area contributed by atoms with E-state index < -0.39 is 87.6 Å². The molecule has 45 heavy (non-hydrogen) atoms. The van der Waals surface area contributed by atoms with Crippen LogP contribution in [0.4, 0.5) is 0 Å². The number of hydrogen-bond donors (Lipinski definition) is 1. The highest BCUT2D eigenvalue weighted by Gasteiger charge is 2.76. The molecule has 1 N–H and O–H groups in total. The number of allylic oxidation sites excluding steroid dienone is 2. The third-order valence-corrected chi connectivity index (χ3v) is 11.1. The molecule has 9 atom stereocenters. The van der Waals surface area contributed by atoms with E-state index in [9.17, 15) is 29.1 Å². The van der Waals surface area contributed by atoms with Gasteiger partial charge in [0.15, 0.2) is 11.4 Å². The third-order valence-electron chi connectivity index (χ3n) is 11.1. The molecule has 1 aromatic rings. The molecule has 4 aliphatic rings. The van der Waals surface area contributed by atoms with Crippen molar-refractivity contribution in [2.75, 3.05) is 7.11 Å². The number of ketones is 1. The number of carbonyl (C=O) groups is 5. The third kappa shape index (κ3) is 4.68. The number of cyclic esters (lactones) is 1. The minimum Gasteiger partial charge on any atom is -0.472 e. The molecule has 11 nitrogen and oxygen atoms in total. The predicted molar refractivity (Wildman–Crippen MR) is 157 cm³/mol. The van der Waals surface area contributed by atoms with Crippen LogP contribution in [0.3, 0.4) is 0 Å². The van der Waals surface area contributed by atoms with E-state index in [0.29, 0.717) is 24.0 Å².